The zero-order valence-corrected chi connectivity index (χ0v) is 31.5. The third-order valence-electron chi connectivity index (χ3n) is 11.9. The van der Waals surface area contributed by atoms with Crippen LogP contribution in [-0.2, 0) is 13.1 Å². The topological polar surface area (TPSA) is 161 Å². The van der Waals surface area contributed by atoms with Crippen molar-refractivity contribution in [3.63, 3.8) is 0 Å². The molecule has 0 saturated carbocycles. The lowest BCUT2D eigenvalue weighted by molar-refractivity contribution is 0.126. The average molecular weight is 758 g/mol. The van der Waals surface area contributed by atoms with Crippen LogP contribution in [-0.4, -0.2) is 85.2 Å². The number of benzene rings is 2. The van der Waals surface area contributed by atoms with E-state index in [4.69, 9.17) is 24.7 Å². The van der Waals surface area contributed by atoms with Crippen molar-refractivity contribution in [2.24, 2.45) is 5.41 Å². The fourth-order valence-electron chi connectivity index (χ4n) is 8.46. The normalized spacial score (nSPS) is 17.9. The number of aromatic amines is 2. The van der Waals surface area contributed by atoms with Crippen LogP contribution >= 0.6 is 0 Å². The molecule has 1 atom stereocenters. The molecule has 0 amide bonds. The van der Waals surface area contributed by atoms with Crippen molar-refractivity contribution in [3.8, 4) is 5.88 Å². The van der Waals surface area contributed by atoms with Gasteiger partial charge in [-0.25, -0.2) is 29.9 Å². The van der Waals surface area contributed by atoms with Gasteiger partial charge in [-0.05, 0) is 77.2 Å². The predicted molar refractivity (Wildman–Crippen MR) is 224 cm³/mol. The van der Waals surface area contributed by atoms with Gasteiger partial charge in [0.15, 0.2) is 17.2 Å². The van der Waals surface area contributed by atoms with Crippen LogP contribution in [0.1, 0.15) is 30.4 Å². The van der Waals surface area contributed by atoms with E-state index in [0.717, 1.165) is 102 Å². The van der Waals surface area contributed by atoms with E-state index >= 15 is 0 Å². The lowest BCUT2D eigenvalue weighted by Gasteiger charge is -2.48. The number of nitrogens with zero attached hydrogens (tertiary/aromatic N) is 8. The Kier molecular flexibility index (Phi) is 8.23. The lowest BCUT2D eigenvalue weighted by Crippen LogP contribution is -2.58. The summed E-state index contributed by atoms with van der Waals surface area (Å²) in [5, 5.41) is 12.6. The van der Waals surface area contributed by atoms with E-state index in [9.17, 15) is 0 Å². The Morgan fingerprint density at radius 1 is 0.684 bits per heavy atom. The molecule has 0 unspecified atom stereocenters. The lowest BCUT2D eigenvalue weighted by atomic mass is 9.73. The summed E-state index contributed by atoms with van der Waals surface area (Å²) < 4.78 is 6.48. The number of hydrogen-bond acceptors (Lipinski definition) is 12. The molecule has 5 N–H and O–H groups in total. The van der Waals surface area contributed by atoms with E-state index in [1.807, 2.05) is 24.4 Å². The molecular weight excluding hydrogens is 715 g/mol. The minimum Gasteiger partial charge on any atom is -0.474 e. The van der Waals surface area contributed by atoms with E-state index in [2.05, 4.69) is 100 Å². The van der Waals surface area contributed by atoms with Crippen molar-refractivity contribution in [3.05, 3.63) is 103 Å². The van der Waals surface area contributed by atoms with Crippen LogP contribution in [0.3, 0.4) is 0 Å². The SMILES string of the molecule is c1cc2ccc(CNc3cnc4ccc(N5CC[C@H](Oc6cc7ccc(CNc8cnc9ccc(N%10CCC%11(CC%10)CNC%11)nc9n8)cc7[nH]6)C5)nc4n3)cc2[nH]1. The summed E-state index contributed by atoms with van der Waals surface area (Å²) in [6.45, 7) is 7.19. The van der Waals surface area contributed by atoms with Gasteiger partial charge in [-0.15, -0.1) is 0 Å². The number of aromatic nitrogens is 8. The Labute approximate surface area is 328 Å². The van der Waals surface area contributed by atoms with Gasteiger partial charge in [-0.2, -0.15) is 0 Å². The number of piperidine rings is 1. The van der Waals surface area contributed by atoms with Gasteiger partial charge < -0.3 is 40.5 Å². The Bertz CT molecular complexity index is 2750. The van der Waals surface area contributed by atoms with E-state index in [1.165, 1.54) is 18.2 Å². The molecule has 3 aliphatic heterocycles. The van der Waals surface area contributed by atoms with Gasteiger partial charge in [0, 0.05) is 80.9 Å². The number of pyridine rings is 2. The molecule has 8 aromatic rings. The first kappa shape index (κ1) is 33.8. The van der Waals surface area contributed by atoms with Gasteiger partial charge in [0.25, 0.3) is 0 Å². The number of nitrogens with one attached hydrogen (secondary N) is 5. The summed E-state index contributed by atoms with van der Waals surface area (Å²) in [7, 11) is 0. The van der Waals surface area contributed by atoms with Crippen LogP contribution in [0.4, 0.5) is 23.3 Å². The first-order valence-electron chi connectivity index (χ1n) is 19.9. The molecule has 1 spiro atoms. The van der Waals surface area contributed by atoms with Crippen LogP contribution in [0.25, 0.3) is 44.1 Å². The minimum absolute atomic E-state index is 0.0278. The van der Waals surface area contributed by atoms with E-state index in [1.54, 1.807) is 12.4 Å². The fourth-order valence-corrected chi connectivity index (χ4v) is 8.46. The number of hydrogen-bond donors (Lipinski definition) is 5. The second-order valence-corrected chi connectivity index (χ2v) is 15.8. The number of anilines is 4. The van der Waals surface area contributed by atoms with Crippen molar-refractivity contribution in [1.82, 2.24) is 45.2 Å². The van der Waals surface area contributed by atoms with Crippen LogP contribution in [0, 0.1) is 5.41 Å². The third kappa shape index (κ3) is 6.75. The Hall–Kier alpha value is -6.54. The molecule has 14 heteroatoms. The van der Waals surface area contributed by atoms with Gasteiger partial charge in [0.2, 0.25) is 0 Å². The summed E-state index contributed by atoms with van der Waals surface area (Å²) in [5.74, 6) is 4.02. The number of H-pyrrole nitrogens is 2. The molecule has 0 aliphatic carbocycles. The molecule has 2 aromatic carbocycles. The molecule has 6 aromatic heterocycles. The van der Waals surface area contributed by atoms with Gasteiger partial charge in [-0.3, -0.25) is 0 Å². The molecule has 9 heterocycles. The highest BCUT2D eigenvalue weighted by Gasteiger charge is 2.39. The van der Waals surface area contributed by atoms with E-state index in [0.29, 0.717) is 41.4 Å². The minimum atomic E-state index is 0.0278. The zero-order chi connectivity index (χ0) is 37.8. The van der Waals surface area contributed by atoms with Crippen molar-refractivity contribution in [2.45, 2.75) is 38.5 Å². The summed E-state index contributed by atoms with van der Waals surface area (Å²) in [4.78, 5) is 40.1. The van der Waals surface area contributed by atoms with Gasteiger partial charge in [0.1, 0.15) is 40.4 Å². The van der Waals surface area contributed by atoms with Crippen LogP contribution in [0.2, 0.25) is 0 Å². The molecule has 57 heavy (non-hydrogen) atoms. The molecule has 14 nitrogen and oxygen atoms in total. The summed E-state index contributed by atoms with van der Waals surface area (Å²) in [5.41, 5.74) is 7.78. The number of ether oxygens (including phenoxy) is 1. The molecule has 3 aliphatic rings. The largest absolute Gasteiger partial charge is 0.474 e. The van der Waals surface area contributed by atoms with Crippen molar-refractivity contribution < 1.29 is 4.74 Å². The number of rotatable bonds is 10. The maximum Gasteiger partial charge on any atom is 0.192 e. The monoisotopic (exact) mass is 757 g/mol. The highest BCUT2D eigenvalue weighted by atomic mass is 16.5. The molecule has 0 radical (unpaired) electrons. The summed E-state index contributed by atoms with van der Waals surface area (Å²) in [6.07, 6.45) is 8.84. The fraction of sp³-hybridized carbons (Fsp3) is 0.302. The van der Waals surface area contributed by atoms with Crippen molar-refractivity contribution in [1.29, 1.82) is 0 Å². The van der Waals surface area contributed by atoms with Crippen LogP contribution < -0.4 is 30.5 Å². The highest BCUT2D eigenvalue weighted by Crippen LogP contribution is 2.36. The van der Waals surface area contributed by atoms with Gasteiger partial charge in [0.05, 0.1) is 18.9 Å². The predicted octanol–water partition coefficient (Wildman–Crippen LogP) is 6.40. The standard InChI is InChI=1S/C43H43N13O/c1-3-29-9-13-45-34(29)17-27(1)20-48-36-22-47-33-6-8-39(54-42(33)52-36)56-14-10-31(24-56)57-40-19-30-4-2-28(18-35(30)50-40)21-49-37-23-46-32-5-7-38(53-41(32)51-37)55-15-11-43(12-16-55)25-44-26-43/h1-9,13,17-19,22-23,31,44-45,50H,10-12,14-16,20-21,24-26H2,(H,48,52,54)(H,49,51,53)/t31-/m0/s1. The molecule has 0 bridgehead atoms. The quantitative estimate of drug-likeness (QED) is 0.105. The number of fused-ring (bicyclic) bond motifs is 4. The maximum absolute atomic E-state index is 6.48. The van der Waals surface area contributed by atoms with Gasteiger partial charge >= 0.3 is 0 Å². The average Bonchev–Trinajstić information content (AvgIpc) is 4.01. The van der Waals surface area contributed by atoms with Crippen molar-refractivity contribution >= 4 is 67.4 Å². The second-order valence-electron chi connectivity index (χ2n) is 15.8. The summed E-state index contributed by atoms with van der Waals surface area (Å²) >= 11 is 0. The molecule has 3 saturated heterocycles. The third-order valence-corrected chi connectivity index (χ3v) is 11.9. The Morgan fingerprint density at radius 2 is 1.35 bits per heavy atom. The smallest absolute Gasteiger partial charge is 0.192 e. The van der Waals surface area contributed by atoms with E-state index < -0.39 is 0 Å². The highest BCUT2D eigenvalue weighted by molar-refractivity contribution is 5.82. The summed E-state index contributed by atoms with van der Waals surface area (Å²) in [6, 6.07) is 25.1. The Balaban J connectivity index is 0.707. The van der Waals surface area contributed by atoms with Gasteiger partial charge in [-0.1, -0.05) is 24.3 Å². The zero-order valence-electron chi connectivity index (χ0n) is 31.5. The molecular formula is C43H43N13O. The van der Waals surface area contributed by atoms with Crippen LogP contribution in [0.5, 0.6) is 5.88 Å². The molecule has 11 rings (SSSR count). The molecule has 3 fully saturated rings. The maximum atomic E-state index is 6.48. The van der Waals surface area contributed by atoms with E-state index in [-0.39, 0.29) is 6.10 Å². The van der Waals surface area contributed by atoms with Crippen molar-refractivity contribution in [2.75, 3.05) is 59.7 Å². The first-order valence-corrected chi connectivity index (χ1v) is 19.9. The molecule has 286 valence electrons. The Morgan fingerprint density at radius 3 is 2.04 bits per heavy atom. The van der Waals surface area contributed by atoms with Crippen LogP contribution in [0.15, 0.2) is 91.4 Å². The first-order chi connectivity index (χ1) is 28.1. The second kappa shape index (κ2) is 13.9.